The smallest absolute Gasteiger partial charge is 0.256 e. The Bertz CT molecular complexity index is 738. The lowest BCUT2D eigenvalue weighted by molar-refractivity contribution is 0.185. The van der Waals surface area contributed by atoms with Crippen molar-refractivity contribution in [3.8, 4) is 11.5 Å². The van der Waals surface area contributed by atoms with Crippen molar-refractivity contribution in [2.24, 2.45) is 0 Å². The van der Waals surface area contributed by atoms with Gasteiger partial charge >= 0.3 is 0 Å². The van der Waals surface area contributed by atoms with Crippen molar-refractivity contribution in [1.29, 1.82) is 0 Å². The number of aromatic nitrogens is 4. The monoisotopic (exact) mass is 328 g/mol. The van der Waals surface area contributed by atoms with Gasteiger partial charge < -0.3 is 13.9 Å². The van der Waals surface area contributed by atoms with Gasteiger partial charge in [0.05, 0.1) is 6.61 Å². The van der Waals surface area contributed by atoms with E-state index >= 15 is 0 Å². The molecule has 1 aromatic carbocycles. The van der Waals surface area contributed by atoms with Crippen LogP contribution in [0.2, 0.25) is 0 Å². The largest absolute Gasteiger partial charge is 0.494 e. The van der Waals surface area contributed by atoms with Crippen LogP contribution in [0.25, 0.3) is 0 Å². The second kappa shape index (κ2) is 7.63. The van der Waals surface area contributed by atoms with Gasteiger partial charge in [-0.1, -0.05) is 0 Å². The molecule has 3 rings (SSSR count). The first-order valence-electron chi connectivity index (χ1n) is 7.94. The number of hydrogen-bond acceptors (Lipinski definition) is 6. The van der Waals surface area contributed by atoms with Crippen molar-refractivity contribution in [3.63, 3.8) is 0 Å². The molecule has 0 spiro atoms. The lowest BCUT2D eigenvalue weighted by Crippen LogP contribution is -2.03. The summed E-state index contributed by atoms with van der Waals surface area (Å²) < 4.78 is 18.7. The molecule has 0 saturated carbocycles. The Morgan fingerprint density at radius 2 is 1.96 bits per heavy atom. The van der Waals surface area contributed by atoms with Crippen LogP contribution in [0.1, 0.15) is 31.7 Å². The summed E-state index contributed by atoms with van der Waals surface area (Å²) in [5.41, 5.74) is 0. The average molecular weight is 328 g/mol. The van der Waals surface area contributed by atoms with Crippen molar-refractivity contribution in [2.75, 3.05) is 6.61 Å². The normalized spacial score (nSPS) is 12.1. The standard InChI is InChI=1S/C17H20N4O3/c1-3-22-14-5-7-15(8-6-14)23-13(2)17-20-19-16(24-17)9-12-21-11-4-10-18-21/h4-8,10-11,13H,3,9,12H2,1-2H3/t13-/m1/s1. The Hall–Kier alpha value is -2.83. The van der Waals surface area contributed by atoms with Crippen LogP contribution in [0.5, 0.6) is 11.5 Å². The van der Waals surface area contributed by atoms with Crippen LogP contribution < -0.4 is 9.47 Å². The molecule has 0 aliphatic carbocycles. The van der Waals surface area contributed by atoms with Gasteiger partial charge in [-0.25, -0.2) is 0 Å². The third-order valence-electron chi connectivity index (χ3n) is 3.39. The Balaban J connectivity index is 1.55. The molecule has 0 saturated heterocycles. The molecule has 7 heteroatoms. The maximum absolute atomic E-state index is 5.83. The summed E-state index contributed by atoms with van der Waals surface area (Å²) in [5, 5.41) is 12.3. The minimum atomic E-state index is -0.325. The number of benzene rings is 1. The lowest BCUT2D eigenvalue weighted by atomic mass is 10.3. The average Bonchev–Trinajstić information content (AvgIpc) is 3.26. The summed E-state index contributed by atoms with van der Waals surface area (Å²) in [7, 11) is 0. The van der Waals surface area contributed by atoms with Crippen molar-refractivity contribution in [1.82, 2.24) is 20.0 Å². The first kappa shape index (κ1) is 16.0. The molecule has 0 unspecified atom stereocenters. The molecule has 0 N–H and O–H groups in total. The summed E-state index contributed by atoms with van der Waals surface area (Å²) in [4.78, 5) is 0. The Kier molecular flexibility index (Phi) is 5.10. The van der Waals surface area contributed by atoms with E-state index in [0.717, 1.165) is 11.5 Å². The Morgan fingerprint density at radius 1 is 1.17 bits per heavy atom. The Morgan fingerprint density at radius 3 is 2.67 bits per heavy atom. The molecule has 0 aliphatic heterocycles. The van der Waals surface area contributed by atoms with Crippen molar-refractivity contribution >= 4 is 0 Å². The maximum Gasteiger partial charge on any atom is 0.256 e. The van der Waals surface area contributed by atoms with Crippen LogP contribution >= 0.6 is 0 Å². The molecule has 24 heavy (non-hydrogen) atoms. The molecule has 0 bridgehead atoms. The van der Waals surface area contributed by atoms with Gasteiger partial charge in [-0.05, 0) is 44.2 Å². The summed E-state index contributed by atoms with van der Waals surface area (Å²) in [5.74, 6) is 2.57. The van der Waals surface area contributed by atoms with Crippen molar-refractivity contribution < 1.29 is 13.9 Å². The summed E-state index contributed by atoms with van der Waals surface area (Å²) in [6.45, 7) is 5.16. The van der Waals surface area contributed by atoms with Gasteiger partial charge in [0.1, 0.15) is 11.5 Å². The van der Waals surface area contributed by atoms with Crippen LogP contribution in [0, 0.1) is 0 Å². The van der Waals surface area contributed by atoms with Gasteiger partial charge in [0.15, 0.2) is 6.10 Å². The third-order valence-corrected chi connectivity index (χ3v) is 3.39. The van der Waals surface area contributed by atoms with E-state index in [1.54, 1.807) is 6.20 Å². The highest BCUT2D eigenvalue weighted by Gasteiger charge is 2.15. The molecule has 7 nitrogen and oxygen atoms in total. The van der Waals surface area contributed by atoms with E-state index in [2.05, 4.69) is 15.3 Å². The highest BCUT2D eigenvalue weighted by molar-refractivity contribution is 5.31. The van der Waals surface area contributed by atoms with Crippen LogP contribution in [0.4, 0.5) is 0 Å². The van der Waals surface area contributed by atoms with E-state index in [1.807, 2.05) is 55.1 Å². The van der Waals surface area contributed by atoms with Gasteiger partial charge in [-0.3, -0.25) is 4.68 Å². The van der Waals surface area contributed by atoms with Crippen LogP contribution in [-0.4, -0.2) is 26.6 Å². The second-order valence-corrected chi connectivity index (χ2v) is 5.22. The van der Waals surface area contributed by atoms with Gasteiger partial charge in [0.2, 0.25) is 5.89 Å². The van der Waals surface area contributed by atoms with E-state index in [0.29, 0.717) is 31.4 Å². The van der Waals surface area contributed by atoms with Gasteiger partial charge in [-0.2, -0.15) is 5.10 Å². The fourth-order valence-electron chi connectivity index (χ4n) is 2.21. The number of ether oxygens (including phenoxy) is 2. The minimum Gasteiger partial charge on any atom is -0.494 e. The Labute approximate surface area is 140 Å². The quantitative estimate of drug-likeness (QED) is 0.632. The summed E-state index contributed by atoms with van der Waals surface area (Å²) in [6.07, 6.45) is 3.94. The van der Waals surface area contributed by atoms with E-state index in [-0.39, 0.29) is 6.10 Å². The fourth-order valence-corrected chi connectivity index (χ4v) is 2.21. The topological polar surface area (TPSA) is 75.2 Å². The number of hydrogen-bond donors (Lipinski definition) is 0. The third kappa shape index (κ3) is 4.13. The van der Waals surface area contributed by atoms with Crippen molar-refractivity contribution in [2.45, 2.75) is 32.9 Å². The van der Waals surface area contributed by atoms with Crippen molar-refractivity contribution in [3.05, 3.63) is 54.5 Å². The zero-order valence-electron chi connectivity index (χ0n) is 13.8. The predicted octanol–water partition coefficient (Wildman–Crippen LogP) is 3.05. The summed E-state index contributed by atoms with van der Waals surface area (Å²) in [6, 6.07) is 9.34. The molecule has 0 fully saturated rings. The molecule has 2 aromatic heterocycles. The number of rotatable bonds is 8. The summed E-state index contributed by atoms with van der Waals surface area (Å²) >= 11 is 0. The molecular weight excluding hydrogens is 308 g/mol. The van der Waals surface area contributed by atoms with Gasteiger partial charge in [0.25, 0.3) is 5.89 Å². The fraction of sp³-hybridized carbons (Fsp3) is 0.353. The van der Waals surface area contributed by atoms with E-state index in [1.165, 1.54) is 0 Å². The zero-order valence-corrected chi connectivity index (χ0v) is 13.8. The first-order valence-corrected chi connectivity index (χ1v) is 7.94. The second-order valence-electron chi connectivity index (χ2n) is 5.22. The SMILES string of the molecule is CCOc1ccc(O[C@H](C)c2nnc(CCn3cccn3)o2)cc1. The van der Waals surface area contributed by atoms with Crippen LogP contribution in [0.3, 0.4) is 0 Å². The highest BCUT2D eigenvalue weighted by atomic mass is 16.5. The van der Waals surface area contributed by atoms with Gasteiger partial charge in [0, 0.05) is 25.4 Å². The molecule has 126 valence electrons. The molecule has 0 aliphatic rings. The van der Waals surface area contributed by atoms with Crippen LogP contribution in [0.15, 0.2) is 47.1 Å². The van der Waals surface area contributed by atoms with E-state index in [9.17, 15) is 0 Å². The molecule has 0 radical (unpaired) electrons. The minimum absolute atomic E-state index is 0.325. The molecule has 3 aromatic rings. The van der Waals surface area contributed by atoms with E-state index in [4.69, 9.17) is 13.9 Å². The number of aryl methyl sites for hydroxylation is 2. The molecule has 1 atom stereocenters. The molecular formula is C17H20N4O3. The highest BCUT2D eigenvalue weighted by Crippen LogP contribution is 2.23. The zero-order chi connectivity index (χ0) is 16.8. The molecule has 2 heterocycles. The molecule has 0 amide bonds. The van der Waals surface area contributed by atoms with Gasteiger partial charge in [-0.15, -0.1) is 10.2 Å². The first-order chi connectivity index (χ1) is 11.7. The van der Waals surface area contributed by atoms with E-state index < -0.39 is 0 Å². The number of nitrogens with zero attached hydrogens (tertiary/aromatic N) is 4. The lowest BCUT2D eigenvalue weighted by Gasteiger charge is -2.11. The maximum atomic E-state index is 5.83. The van der Waals surface area contributed by atoms with Crippen LogP contribution in [-0.2, 0) is 13.0 Å². The predicted molar refractivity (Wildman–Crippen MR) is 86.9 cm³/mol.